The maximum atomic E-state index is 12.5. The Labute approximate surface area is 144 Å². The third-order valence-corrected chi connectivity index (χ3v) is 3.94. The average Bonchev–Trinajstić information content (AvgIpc) is 2.56. The molecule has 0 radical (unpaired) electrons. The van der Waals surface area contributed by atoms with Gasteiger partial charge in [0.15, 0.2) is 0 Å². The van der Waals surface area contributed by atoms with E-state index in [9.17, 15) is 4.79 Å². The zero-order chi connectivity index (χ0) is 17.7. The number of para-hydroxylation sites is 1. The molecule has 0 saturated heterocycles. The highest BCUT2D eigenvalue weighted by molar-refractivity contribution is 6.03. The van der Waals surface area contributed by atoms with E-state index in [0.717, 1.165) is 30.2 Å². The third kappa shape index (κ3) is 4.10. The number of carbonyl (C=O) groups excluding carboxylic acids is 1. The minimum Gasteiger partial charge on any atom is -0.356 e. The molecule has 0 spiro atoms. The van der Waals surface area contributed by atoms with Crippen LogP contribution in [0.4, 0.5) is 11.5 Å². The van der Waals surface area contributed by atoms with Crippen molar-refractivity contribution in [1.29, 1.82) is 0 Å². The van der Waals surface area contributed by atoms with Crippen LogP contribution in [0, 0.1) is 0 Å². The number of hydrogen-bond acceptors (Lipinski definition) is 4. The fourth-order valence-corrected chi connectivity index (χ4v) is 2.58. The molecule has 5 heteroatoms. The number of aromatic nitrogens is 2. The second kappa shape index (κ2) is 7.43. The second-order valence-electron chi connectivity index (χ2n) is 6.68. The molecule has 1 aromatic carbocycles. The molecule has 0 aliphatic rings. The van der Waals surface area contributed by atoms with Crippen LogP contribution >= 0.6 is 0 Å². The van der Waals surface area contributed by atoms with Gasteiger partial charge in [-0.25, -0.2) is 9.97 Å². The second-order valence-corrected chi connectivity index (χ2v) is 6.68. The summed E-state index contributed by atoms with van der Waals surface area (Å²) >= 11 is 0. The highest BCUT2D eigenvalue weighted by atomic mass is 16.1. The summed E-state index contributed by atoms with van der Waals surface area (Å²) in [5, 5.41) is 2.95. The first-order chi connectivity index (χ1) is 11.4. The molecule has 2 rings (SSSR count). The van der Waals surface area contributed by atoms with Crippen LogP contribution in [0.25, 0.3) is 0 Å². The van der Waals surface area contributed by atoms with Crippen LogP contribution in [0.1, 0.15) is 50.7 Å². The number of hydrogen-bond donors (Lipinski definition) is 1. The molecule has 0 aliphatic carbocycles. The van der Waals surface area contributed by atoms with Gasteiger partial charge in [-0.05, 0) is 30.9 Å². The summed E-state index contributed by atoms with van der Waals surface area (Å²) in [5.74, 6) is 0.539. The van der Waals surface area contributed by atoms with E-state index >= 15 is 0 Å². The van der Waals surface area contributed by atoms with Crippen molar-refractivity contribution < 1.29 is 4.79 Å². The normalized spacial score (nSPS) is 11.2. The number of rotatable bonds is 5. The maximum Gasteiger partial charge on any atom is 0.275 e. The number of amides is 1. The highest BCUT2D eigenvalue weighted by Gasteiger charge is 2.19. The van der Waals surface area contributed by atoms with Crippen molar-refractivity contribution in [2.75, 3.05) is 23.3 Å². The summed E-state index contributed by atoms with van der Waals surface area (Å²) in [6.45, 7) is 12.2. The van der Waals surface area contributed by atoms with E-state index in [2.05, 4.69) is 54.8 Å². The lowest BCUT2D eigenvalue weighted by Gasteiger charge is -2.23. The van der Waals surface area contributed by atoms with E-state index in [1.165, 1.54) is 6.20 Å². The molecule has 24 heavy (non-hydrogen) atoms. The van der Waals surface area contributed by atoms with Gasteiger partial charge in [0.2, 0.25) is 0 Å². The van der Waals surface area contributed by atoms with Gasteiger partial charge in [-0.2, -0.15) is 0 Å². The van der Waals surface area contributed by atoms with Crippen LogP contribution in [-0.4, -0.2) is 29.0 Å². The lowest BCUT2D eigenvalue weighted by atomic mass is 9.86. The van der Waals surface area contributed by atoms with Crippen LogP contribution in [0.2, 0.25) is 0 Å². The zero-order valence-corrected chi connectivity index (χ0v) is 15.1. The zero-order valence-electron chi connectivity index (χ0n) is 15.1. The van der Waals surface area contributed by atoms with Gasteiger partial charge in [0.1, 0.15) is 11.5 Å². The van der Waals surface area contributed by atoms with E-state index in [1.807, 2.05) is 24.3 Å². The average molecular weight is 326 g/mol. The molecule has 1 aromatic heterocycles. The lowest BCUT2D eigenvalue weighted by Crippen LogP contribution is -2.24. The van der Waals surface area contributed by atoms with Crippen LogP contribution in [0.5, 0.6) is 0 Å². The molecular formula is C19H26N4O. The van der Waals surface area contributed by atoms with Crippen LogP contribution in [0.15, 0.2) is 36.7 Å². The van der Waals surface area contributed by atoms with Gasteiger partial charge in [-0.1, -0.05) is 39.0 Å². The molecule has 0 bridgehead atoms. The van der Waals surface area contributed by atoms with E-state index in [-0.39, 0.29) is 11.3 Å². The first kappa shape index (κ1) is 17.9. The quantitative estimate of drug-likeness (QED) is 0.906. The summed E-state index contributed by atoms with van der Waals surface area (Å²) < 4.78 is 0. The van der Waals surface area contributed by atoms with Gasteiger partial charge in [-0.3, -0.25) is 4.79 Å². The largest absolute Gasteiger partial charge is 0.356 e. The lowest BCUT2D eigenvalue weighted by molar-refractivity contribution is 0.102. The van der Waals surface area contributed by atoms with E-state index in [4.69, 9.17) is 0 Å². The van der Waals surface area contributed by atoms with Gasteiger partial charge < -0.3 is 10.2 Å². The number of anilines is 2. The SMILES string of the molecule is CCN(CC)c1cnc(C(=O)Nc2ccccc2C(C)(C)C)cn1. The Balaban J connectivity index is 2.19. The van der Waals surface area contributed by atoms with Crippen molar-refractivity contribution in [3.05, 3.63) is 47.9 Å². The molecular weight excluding hydrogens is 300 g/mol. The Bertz CT molecular complexity index is 685. The van der Waals surface area contributed by atoms with Gasteiger partial charge in [0.25, 0.3) is 5.91 Å². The number of benzene rings is 1. The Hall–Kier alpha value is -2.43. The summed E-state index contributed by atoms with van der Waals surface area (Å²) in [5.41, 5.74) is 2.16. The molecule has 0 saturated carbocycles. The molecule has 1 heterocycles. The fraction of sp³-hybridized carbons (Fsp3) is 0.421. The Morgan fingerprint density at radius 3 is 2.29 bits per heavy atom. The van der Waals surface area contributed by atoms with E-state index in [1.54, 1.807) is 6.20 Å². The monoisotopic (exact) mass is 326 g/mol. The van der Waals surface area contributed by atoms with E-state index in [0.29, 0.717) is 5.69 Å². The van der Waals surface area contributed by atoms with E-state index < -0.39 is 0 Å². The molecule has 0 unspecified atom stereocenters. The standard InChI is InChI=1S/C19H26N4O/c1-6-23(7-2)17-13-20-16(12-21-17)18(24)22-15-11-9-8-10-14(15)19(3,4)5/h8-13H,6-7H2,1-5H3,(H,22,24). The van der Waals surface area contributed by atoms with Crippen molar-refractivity contribution in [3.63, 3.8) is 0 Å². The first-order valence-corrected chi connectivity index (χ1v) is 8.34. The van der Waals surface area contributed by atoms with Gasteiger partial charge in [0, 0.05) is 18.8 Å². The highest BCUT2D eigenvalue weighted by Crippen LogP contribution is 2.29. The van der Waals surface area contributed by atoms with Crippen molar-refractivity contribution >= 4 is 17.4 Å². The Morgan fingerprint density at radius 2 is 1.75 bits per heavy atom. The van der Waals surface area contributed by atoms with Crippen LogP contribution < -0.4 is 10.2 Å². The summed E-state index contributed by atoms with van der Waals surface area (Å²) in [6.07, 6.45) is 3.18. The summed E-state index contributed by atoms with van der Waals surface area (Å²) in [6, 6.07) is 7.84. The smallest absolute Gasteiger partial charge is 0.275 e. The van der Waals surface area contributed by atoms with Crippen molar-refractivity contribution in [2.45, 2.75) is 40.0 Å². The molecule has 0 atom stereocenters. The summed E-state index contributed by atoms with van der Waals surface area (Å²) in [7, 11) is 0. The molecule has 0 aliphatic heterocycles. The Morgan fingerprint density at radius 1 is 1.08 bits per heavy atom. The fourth-order valence-electron chi connectivity index (χ4n) is 2.58. The predicted octanol–water partition coefficient (Wildman–Crippen LogP) is 3.87. The minimum atomic E-state index is -0.245. The summed E-state index contributed by atoms with van der Waals surface area (Å²) in [4.78, 5) is 23.2. The molecule has 1 N–H and O–H groups in total. The van der Waals surface area contributed by atoms with Gasteiger partial charge in [0.05, 0.1) is 12.4 Å². The number of carbonyl (C=O) groups is 1. The van der Waals surface area contributed by atoms with Crippen molar-refractivity contribution in [3.8, 4) is 0 Å². The maximum absolute atomic E-state index is 12.5. The van der Waals surface area contributed by atoms with Gasteiger partial charge in [-0.15, -0.1) is 0 Å². The molecule has 2 aromatic rings. The third-order valence-electron chi connectivity index (χ3n) is 3.94. The molecule has 0 fully saturated rings. The molecule has 1 amide bonds. The van der Waals surface area contributed by atoms with Crippen molar-refractivity contribution in [2.24, 2.45) is 0 Å². The first-order valence-electron chi connectivity index (χ1n) is 8.34. The van der Waals surface area contributed by atoms with Crippen LogP contribution in [-0.2, 0) is 5.41 Å². The number of nitrogens with one attached hydrogen (secondary N) is 1. The van der Waals surface area contributed by atoms with Crippen molar-refractivity contribution in [1.82, 2.24) is 9.97 Å². The predicted molar refractivity (Wildman–Crippen MR) is 98.7 cm³/mol. The Kier molecular flexibility index (Phi) is 5.54. The number of nitrogens with zero attached hydrogens (tertiary/aromatic N) is 3. The molecule has 128 valence electrons. The molecule has 5 nitrogen and oxygen atoms in total. The minimum absolute atomic E-state index is 0.0534. The topological polar surface area (TPSA) is 58.1 Å². The van der Waals surface area contributed by atoms with Crippen LogP contribution in [0.3, 0.4) is 0 Å². The van der Waals surface area contributed by atoms with Gasteiger partial charge >= 0.3 is 0 Å².